The van der Waals surface area contributed by atoms with Gasteiger partial charge in [0.05, 0.1) is 6.10 Å². The number of carbonyl (C=O) groups is 2. The Morgan fingerprint density at radius 1 is 1.33 bits per heavy atom. The average molecular weight is 257 g/mol. The first-order valence-corrected chi connectivity index (χ1v) is 6.23. The van der Waals surface area contributed by atoms with E-state index in [-0.39, 0.29) is 12.0 Å². The largest absolute Gasteiger partial charge is 0.480 e. The zero-order chi connectivity index (χ0) is 13.2. The monoisotopic (exact) mass is 257 g/mol. The van der Waals surface area contributed by atoms with Crippen LogP contribution in [0.15, 0.2) is 0 Å². The highest BCUT2D eigenvalue weighted by molar-refractivity contribution is 6.05. The van der Waals surface area contributed by atoms with Gasteiger partial charge in [-0.25, -0.2) is 0 Å². The summed E-state index contributed by atoms with van der Waals surface area (Å²) in [6, 6.07) is 0. The summed E-state index contributed by atoms with van der Waals surface area (Å²) in [5.74, 6) is -1.23. The summed E-state index contributed by atoms with van der Waals surface area (Å²) in [5.41, 5.74) is -1.11. The quantitative estimate of drug-likeness (QED) is 0.517. The molecule has 0 aromatic heterocycles. The molecule has 102 valence electrons. The highest BCUT2D eigenvalue weighted by Crippen LogP contribution is 2.48. The Morgan fingerprint density at radius 2 is 2.00 bits per heavy atom. The average Bonchev–Trinajstić information content (AvgIpc) is 3.06. The van der Waals surface area contributed by atoms with Gasteiger partial charge in [-0.15, -0.1) is 0 Å². The summed E-state index contributed by atoms with van der Waals surface area (Å²) in [6.45, 7) is 2.31. The fraction of sp³-hybridized carbons (Fsp3) is 0.833. The molecule has 1 saturated heterocycles. The van der Waals surface area contributed by atoms with Gasteiger partial charge < -0.3 is 19.5 Å². The van der Waals surface area contributed by atoms with Crippen LogP contribution in [-0.4, -0.2) is 61.4 Å². The van der Waals surface area contributed by atoms with Crippen molar-refractivity contribution in [3.63, 3.8) is 0 Å². The van der Waals surface area contributed by atoms with Crippen molar-refractivity contribution in [3.8, 4) is 0 Å². The number of carboxylic acids is 1. The minimum absolute atomic E-state index is 0.0513. The minimum atomic E-state index is -1.11. The van der Waals surface area contributed by atoms with E-state index in [1.807, 2.05) is 0 Å². The maximum absolute atomic E-state index is 11.9. The standard InChI is InChI=1S/C12H19NO5/c1-17-5-2-6-18-9-7-13(8-9)10(14)12(3-4-12)11(15)16/h9H,2-8H2,1H3,(H,15,16). The summed E-state index contributed by atoms with van der Waals surface area (Å²) >= 11 is 0. The summed E-state index contributed by atoms with van der Waals surface area (Å²) in [6.07, 6.45) is 1.82. The molecule has 2 aliphatic rings. The number of hydrogen-bond donors (Lipinski definition) is 1. The molecular formula is C12H19NO5. The van der Waals surface area contributed by atoms with E-state index in [9.17, 15) is 9.59 Å². The van der Waals surface area contributed by atoms with Crippen LogP contribution < -0.4 is 0 Å². The van der Waals surface area contributed by atoms with Gasteiger partial charge in [-0.1, -0.05) is 0 Å². The summed E-state index contributed by atoms with van der Waals surface area (Å²) in [4.78, 5) is 24.5. The summed E-state index contributed by atoms with van der Waals surface area (Å²) in [5, 5.41) is 9.02. The second-order valence-corrected chi connectivity index (χ2v) is 4.94. The van der Waals surface area contributed by atoms with Crippen molar-refractivity contribution < 1.29 is 24.2 Å². The Balaban J connectivity index is 1.67. The lowest BCUT2D eigenvalue weighted by Gasteiger charge is -2.40. The molecule has 1 heterocycles. The van der Waals surface area contributed by atoms with Crippen LogP contribution in [0.2, 0.25) is 0 Å². The molecule has 6 heteroatoms. The normalized spacial score (nSPS) is 21.5. The number of likely N-dealkylation sites (tertiary alicyclic amines) is 1. The molecule has 1 aliphatic carbocycles. The van der Waals surface area contributed by atoms with E-state index in [1.54, 1.807) is 12.0 Å². The van der Waals surface area contributed by atoms with Crippen LogP contribution in [0, 0.1) is 5.41 Å². The second-order valence-electron chi connectivity index (χ2n) is 4.94. The molecule has 0 spiro atoms. The lowest BCUT2D eigenvalue weighted by molar-refractivity contribution is -0.161. The van der Waals surface area contributed by atoms with E-state index >= 15 is 0 Å². The number of carboxylic acid groups (broad SMARTS) is 1. The van der Waals surface area contributed by atoms with E-state index in [0.717, 1.165) is 6.42 Å². The lowest BCUT2D eigenvalue weighted by atomic mass is 10.0. The highest BCUT2D eigenvalue weighted by atomic mass is 16.5. The summed E-state index contributed by atoms with van der Waals surface area (Å²) in [7, 11) is 1.64. The maximum Gasteiger partial charge on any atom is 0.319 e. The zero-order valence-electron chi connectivity index (χ0n) is 10.6. The third kappa shape index (κ3) is 2.49. The van der Waals surface area contributed by atoms with Crippen LogP contribution in [0.3, 0.4) is 0 Å². The highest BCUT2D eigenvalue weighted by Gasteiger charge is 2.59. The van der Waals surface area contributed by atoms with Gasteiger partial charge in [0.15, 0.2) is 0 Å². The third-order valence-corrected chi connectivity index (χ3v) is 3.55. The Hall–Kier alpha value is -1.14. The Morgan fingerprint density at radius 3 is 2.50 bits per heavy atom. The Labute approximate surface area is 106 Å². The van der Waals surface area contributed by atoms with Gasteiger partial charge in [-0.2, -0.15) is 0 Å². The number of nitrogens with zero attached hydrogens (tertiary/aromatic N) is 1. The zero-order valence-corrected chi connectivity index (χ0v) is 10.6. The number of methoxy groups -OCH3 is 1. The molecule has 0 unspecified atom stereocenters. The van der Waals surface area contributed by atoms with Crippen molar-refractivity contribution in [1.29, 1.82) is 0 Å². The predicted octanol–water partition coefficient (Wildman–Crippen LogP) is 0.115. The molecule has 0 bridgehead atoms. The van der Waals surface area contributed by atoms with E-state index < -0.39 is 11.4 Å². The van der Waals surface area contributed by atoms with E-state index in [4.69, 9.17) is 14.6 Å². The molecule has 2 fully saturated rings. The van der Waals surface area contributed by atoms with Gasteiger partial charge in [-0.3, -0.25) is 9.59 Å². The van der Waals surface area contributed by atoms with Crippen molar-refractivity contribution in [3.05, 3.63) is 0 Å². The minimum Gasteiger partial charge on any atom is -0.480 e. The van der Waals surface area contributed by atoms with Gasteiger partial charge in [-0.05, 0) is 19.3 Å². The van der Waals surface area contributed by atoms with Crippen LogP contribution in [-0.2, 0) is 19.1 Å². The van der Waals surface area contributed by atoms with Crippen LogP contribution in [0.25, 0.3) is 0 Å². The Bertz CT molecular complexity index is 333. The number of ether oxygens (including phenoxy) is 2. The van der Waals surface area contributed by atoms with Gasteiger partial charge in [0.1, 0.15) is 5.41 Å². The number of aliphatic carboxylic acids is 1. The lowest BCUT2D eigenvalue weighted by Crippen LogP contribution is -2.57. The summed E-state index contributed by atoms with van der Waals surface area (Å²) < 4.78 is 10.4. The molecule has 1 saturated carbocycles. The van der Waals surface area contributed by atoms with Gasteiger partial charge in [0.25, 0.3) is 0 Å². The molecule has 6 nitrogen and oxygen atoms in total. The molecule has 18 heavy (non-hydrogen) atoms. The molecule has 0 radical (unpaired) electrons. The molecular weight excluding hydrogens is 238 g/mol. The van der Waals surface area contributed by atoms with Gasteiger partial charge in [0.2, 0.25) is 5.91 Å². The maximum atomic E-state index is 11.9. The SMILES string of the molecule is COCCCOC1CN(C(=O)C2(C(=O)O)CC2)C1. The molecule has 1 amide bonds. The predicted molar refractivity (Wildman–Crippen MR) is 62.1 cm³/mol. The van der Waals surface area contributed by atoms with Crippen LogP contribution >= 0.6 is 0 Å². The van der Waals surface area contributed by atoms with Crippen LogP contribution in [0.1, 0.15) is 19.3 Å². The van der Waals surface area contributed by atoms with E-state index in [1.165, 1.54) is 0 Å². The Kier molecular flexibility index (Phi) is 3.87. The van der Waals surface area contributed by atoms with Gasteiger partial charge in [0, 0.05) is 33.4 Å². The topological polar surface area (TPSA) is 76.1 Å². The smallest absolute Gasteiger partial charge is 0.319 e. The first-order valence-electron chi connectivity index (χ1n) is 6.23. The molecule has 0 aromatic rings. The molecule has 1 aliphatic heterocycles. The van der Waals surface area contributed by atoms with Crippen molar-refractivity contribution in [1.82, 2.24) is 4.90 Å². The fourth-order valence-electron chi connectivity index (χ4n) is 2.11. The van der Waals surface area contributed by atoms with Crippen molar-refractivity contribution >= 4 is 11.9 Å². The van der Waals surface area contributed by atoms with Gasteiger partial charge >= 0.3 is 5.97 Å². The molecule has 0 atom stereocenters. The first kappa shape index (κ1) is 13.3. The number of hydrogen-bond acceptors (Lipinski definition) is 4. The molecule has 2 rings (SSSR count). The fourth-order valence-corrected chi connectivity index (χ4v) is 2.11. The number of amides is 1. The van der Waals surface area contributed by atoms with E-state index in [2.05, 4.69) is 0 Å². The van der Waals surface area contributed by atoms with Crippen LogP contribution in [0.4, 0.5) is 0 Å². The molecule has 0 aromatic carbocycles. The van der Waals surface area contributed by atoms with Crippen LogP contribution in [0.5, 0.6) is 0 Å². The third-order valence-electron chi connectivity index (χ3n) is 3.55. The molecule has 1 N–H and O–H groups in total. The van der Waals surface area contributed by atoms with Crippen molar-refractivity contribution in [2.45, 2.75) is 25.4 Å². The van der Waals surface area contributed by atoms with Crippen molar-refractivity contribution in [2.75, 3.05) is 33.4 Å². The second kappa shape index (κ2) is 5.24. The first-order chi connectivity index (χ1) is 8.60. The number of carbonyl (C=O) groups excluding carboxylic acids is 1. The van der Waals surface area contributed by atoms with E-state index in [0.29, 0.717) is 39.1 Å². The van der Waals surface area contributed by atoms with Crippen molar-refractivity contribution in [2.24, 2.45) is 5.41 Å². The number of rotatable bonds is 7.